The fraction of sp³-hybridized carbons (Fsp3) is 0.355. The van der Waals surface area contributed by atoms with Gasteiger partial charge in [0.15, 0.2) is 0 Å². The first-order chi connectivity index (χ1) is 19.6. The van der Waals surface area contributed by atoms with Crippen molar-refractivity contribution in [2.24, 2.45) is 0 Å². The predicted octanol–water partition coefficient (Wildman–Crippen LogP) is 5.85. The Morgan fingerprint density at radius 1 is 0.976 bits per heavy atom. The molecule has 1 aliphatic carbocycles. The number of nitrogens with one attached hydrogen (secondary N) is 1. The van der Waals surface area contributed by atoms with Crippen LogP contribution in [0, 0.1) is 12.7 Å². The molecule has 1 atom stereocenters. The fourth-order valence-corrected chi connectivity index (χ4v) is 6.59. The highest BCUT2D eigenvalue weighted by atomic mass is 35.5. The number of hydrogen-bond acceptors (Lipinski definition) is 4. The maximum atomic E-state index is 14.1. The van der Waals surface area contributed by atoms with Gasteiger partial charge in [0.2, 0.25) is 11.8 Å². The summed E-state index contributed by atoms with van der Waals surface area (Å²) >= 11 is 6.07. The fourth-order valence-electron chi connectivity index (χ4n) is 5.05. The largest absolute Gasteiger partial charge is 0.352 e. The normalized spacial score (nSPS) is 14.4. The van der Waals surface area contributed by atoms with Gasteiger partial charge in [-0.25, -0.2) is 12.8 Å². The molecule has 3 aromatic carbocycles. The minimum atomic E-state index is -4.26. The molecule has 0 saturated heterocycles. The zero-order valence-corrected chi connectivity index (χ0v) is 24.8. The standard InChI is InChI=1S/C31H35ClFN3O4S/c1-3-29(31(38)34-26-6-4-5-7-26)35(20-23-10-12-24(32)13-11-23)30(37)21-36(27-16-8-22(2)9-17-27)41(39,40)28-18-14-25(33)15-19-28/h8-19,26,29H,3-7,20-21H2,1-2H3,(H,34,38). The van der Waals surface area contributed by atoms with Crippen LogP contribution in [0.5, 0.6) is 0 Å². The Hall–Kier alpha value is -3.43. The lowest BCUT2D eigenvalue weighted by Gasteiger charge is -2.33. The van der Waals surface area contributed by atoms with Crippen LogP contribution in [0.2, 0.25) is 5.02 Å². The van der Waals surface area contributed by atoms with Crippen molar-refractivity contribution < 1.29 is 22.4 Å². The van der Waals surface area contributed by atoms with Crippen molar-refractivity contribution in [1.29, 1.82) is 0 Å². The number of benzene rings is 3. The molecule has 7 nitrogen and oxygen atoms in total. The Kier molecular flexibility index (Phi) is 10.0. The smallest absolute Gasteiger partial charge is 0.264 e. The summed E-state index contributed by atoms with van der Waals surface area (Å²) in [5.74, 6) is -1.38. The molecule has 0 bridgehead atoms. The number of carbonyl (C=O) groups excluding carboxylic acids is 2. The Bertz CT molecular complexity index is 1440. The Labute approximate surface area is 246 Å². The highest BCUT2D eigenvalue weighted by Crippen LogP contribution is 2.26. The van der Waals surface area contributed by atoms with Gasteiger partial charge in [-0.1, -0.05) is 61.2 Å². The third kappa shape index (κ3) is 7.65. The molecule has 1 saturated carbocycles. The van der Waals surface area contributed by atoms with Crippen LogP contribution in [0.25, 0.3) is 0 Å². The van der Waals surface area contributed by atoms with Gasteiger partial charge < -0.3 is 10.2 Å². The topological polar surface area (TPSA) is 86.8 Å². The summed E-state index contributed by atoms with van der Waals surface area (Å²) in [6, 6.07) is 17.4. The second-order valence-corrected chi connectivity index (χ2v) is 12.7. The van der Waals surface area contributed by atoms with Crippen LogP contribution >= 0.6 is 11.6 Å². The quantitative estimate of drug-likeness (QED) is 0.300. The molecule has 0 heterocycles. The molecule has 0 aromatic heterocycles. The van der Waals surface area contributed by atoms with Crippen molar-refractivity contribution in [3.8, 4) is 0 Å². The molecule has 0 aliphatic heterocycles. The first kappa shape index (κ1) is 30.5. The zero-order chi connectivity index (χ0) is 29.6. The van der Waals surface area contributed by atoms with Crippen LogP contribution in [-0.4, -0.2) is 43.8 Å². The monoisotopic (exact) mass is 599 g/mol. The molecule has 1 N–H and O–H groups in total. The highest BCUT2D eigenvalue weighted by molar-refractivity contribution is 7.92. The number of amides is 2. The van der Waals surface area contributed by atoms with Gasteiger partial charge in [-0.15, -0.1) is 0 Å². The average Bonchev–Trinajstić information content (AvgIpc) is 3.46. The Balaban J connectivity index is 1.70. The second kappa shape index (κ2) is 13.5. The molecule has 218 valence electrons. The number of rotatable bonds is 11. The van der Waals surface area contributed by atoms with Gasteiger partial charge in [0, 0.05) is 17.6 Å². The number of sulfonamides is 1. The van der Waals surface area contributed by atoms with Crippen LogP contribution in [0.3, 0.4) is 0 Å². The molecule has 0 spiro atoms. The van der Waals surface area contributed by atoms with Crippen molar-refractivity contribution in [3.05, 3.63) is 94.8 Å². The van der Waals surface area contributed by atoms with Crippen LogP contribution in [-0.2, 0) is 26.2 Å². The van der Waals surface area contributed by atoms with Gasteiger partial charge in [0.05, 0.1) is 10.6 Å². The lowest BCUT2D eigenvalue weighted by atomic mass is 10.1. The lowest BCUT2D eigenvalue weighted by molar-refractivity contribution is -0.140. The van der Waals surface area contributed by atoms with E-state index in [1.54, 1.807) is 48.5 Å². The molecule has 10 heteroatoms. The third-order valence-electron chi connectivity index (χ3n) is 7.36. The summed E-state index contributed by atoms with van der Waals surface area (Å²) in [5, 5.41) is 3.63. The predicted molar refractivity (Wildman–Crippen MR) is 159 cm³/mol. The molecule has 1 unspecified atom stereocenters. The molecule has 1 fully saturated rings. The third-order valence-corrected chi connectivity index (χ3v) is 9.40. The number of nitrogens with zero attached hydrogens (tertiary/aromatic N) is 2. The molecular weight excluding hydrogens is 565 g/mol. The van der Waals surface area contributed by atoms with Crippen molar-refractivity contribution in [1.82, 2.24) is 10.2 Å². The van der Waals surface area contributed by atoms with E-state index in [0.29, 0.717) is 11.4 Å². The van der Waals surface area contributed by atoms with E-state index in [1.807, 2.05) is 13.8 Å². The minimum absolute atomic E-state index is 0.0620. The summed E-state index contributed by atoms with van der Waals surface area (Å²) in [5.41, 5.74) is 1.94. The first-order valence-corrected chi connectivity index (χ1v) is 15.6. The molecular formula is C31H35ClFN3O4S. The van der Waals surface area contributed by atoms with E-state index in [-0.39, 0.29) is 29.1 Å². The Morgan fingerprint density at radius 2 is 1.59 bits per heavy atom. The van der Waals surface area contributed by atoms with Crippen LogP contribution in [0.4, 0.5) is 10.1 Å². The summed E-state index contributed by atoms with van der Waals surface area (Å²) < 4.78 is 42.3. The molecule has 2 amide bonds. The van der Waals surface area contributed by atoms with Crippen molar-refractivity contribution in [2.75, 3.05) is 10.8 Å². The summed E-state index contributed by atoms with van der Waals surface area (Å²) in [7, 11) is -4.26. The number of carbonyl (C=O) groups is 2. The van der Waals surface area contributed by atoms with E-state index < -0.39 is 34.3 Å². The van der Waals surface area contributed by atoms with Crippen molar-refractivity contribution >= 4 is 39.1 Å². The number of aryl methyl sites for hydroxylation is 1. The van der Waals surface area contributed by atoms with Crippen molar-refractivity contribution in [3.63, 3.8) is 0 Å². The number of halogens is 2. The second-order valence-electron chi connectivity index (χ2n) is 10.4. The van der Waals surface area contributed by atoms with Gasteiger partial charge >= 0.3 is 0 Å². The van der Waals surface area contributed by atoms with Gasteiger partial charge in [-0.2, -0.15) is 0 Å². The molecule has 1 aliphatic rings. The summed E-state index contributed by atoms with van der Waals surface area (Å²) in [6.07, 6.45) is 4.21. The minimum Gasteiger partial charge on any atom is -0.352 e. The van der Waals surface area contributed by atoms with Gasteiger partial charge in [-0.3, -0.25) is 13.9 Å². The maximum absolute atomic E-state index is 14.1. The summed E-state index contributed by atoms with van der Waals surface area (Å²) in [6.45, 7) is 3.24. The summed E-state index contributed by atoms with van der Waals surface area (Å²) in [4.78, 5) is 28.9. The molecule has 3 aromatic rings. The van der Waals surface area contributed by atoms with Gasteiger partial charge in [-0.05, 0) is 80.3 Å². The van der Waals surface area contributed by atoms with E-state index in [1.165, 1.54) is 17.0 Å². The molecule has 41 heavy (non-hydrogen) atoms. The van der Waals surface area contributed by atoms with E-state index in [2.05, 4.69) is 5.32 Å². The molecule has 0 radical (unpaired) electrons. The van der Waals surface area contributed by atoms with Crippen molar-refractivity contribution in [2.45, 2.75) is 69.5 Å². The number of hydrogen-bond donors (Lipinski definition) is 1. The maximum Gasteiger partial charge on any atom is 0.264 e. The van der Waals surface area contributed by atoms with Gasteiger partial charge in [0.1, 0.15) is 18.4 Å². The Morgan fingerprint density at radius 3 is 2.17 bits per heavy atom. The van der Waals surface area contributed by atoms with E-state index in [4.69, 9.17) is 11.6 Å². The zero-order valence-electron chi connectivity index (χ0n) is 23.2. The number of anilines is 1. The SMILES string of the molecule is CCC(C(=O)NC1CCCC1)N(Cc1ccc(Cl)cc1)C(=O)CN(c1ccc(C)cc1)S(=O)(=O)c1ccc(F)cc1. The van der Waals surface area contributed by atoms with Gasteiger partial charge in [0.25, 0.3) is 10.0 Å². The molecule has 4 rings (SSSR count). The van der Waals surface area contributed by atoms with E-state index in [9.17, 15) is 22.4 Å². The van der Waals surface area contributed by atoms with E-state index >= 15 is 0 Å². The van der Waals surface area contributed by atoms with Crippen LogP contribution in [0.1, 0.15) is 50.2 Å². The van der Waals surface area contributed by atoms with Crippen LogP contribution < -0.4 is 9.62 Å². The average molecular weight is 600 g/mol. The van der Waals surface area contributed by atoms with Crippen LogP contribution in [0.15, 0.2) is 77.7 Å². The first-order valence-electron chi connectivity index (χ1n) is 13.8. The highest BCUT2D eigenvalue weighted by Gasteiger charge is 2.34. The van der Waals surface area contributed by atoms with E-state index in [0.717, 1.165) is 53.2 Å². The lowest BCUT2D eigenvalue weighted by Crippen LogP contribution is -2.53.